The Morgan fingerprint density at radius 2 is 1.94 bits per heavy atom. The van der Waals surface area contributed by atoms with Gasteiger partial charge in [-0.25, -0.2) is 0 Å². The van der Waals surface area contributed by atoms with Gasteiger partial charge in [0.25, 0.3) is 0 Å². The summed E-state index contributed by atoms with van der Waals surface area (Å²) in [6.45, 7) is 0. The summed E-state index contributed by atoms with van der Waals surface area (Å²) in [5, 5.41) is 16.7. The number of nitrogens with zero attached hydrogens (tertiary/aromatic N) is 4. The summed E-state index contributed by atoms with van der Waals surface area (Å²) >= 11 is 0. The highest BCUT2D eigenvalue weighted by Crippen LogP contribution is 2.22. The van der Waals surface area contributed by atoms with Crippen LogP contribution in [-0.4, -0.2) is 17.2 Å². The second-order valence-corrected chi connectivity index (χ2v) is 3.27. The monoisotopic (exact) mass is 210 g/mol. The number of hydrogen-bond donors (Lipinski definition) is 0. The molecule has 0 unspecified atom stereocenters. The largest absolute Gasteiger partial charge is 0.327 e. The zero-order valence-electron chi connectivity index (χ0n) is 8.83. The van der Waals surface area contributed by atoms with Gasteiger partial charge >= 0.3 is 0 Å². The van der Waals surface area contributed by atoms with Crippen molar-refractivity contribution in [2.45, 2.75) is 0 Å². The maximum atomic E-state index is 8.97. The second kappa shape index (κ2) is 4.41. The maximum absolute atomic E-state index is 8.97. The lowest BCUT2D eigenvalue weighted by atomic mass is 10.2. The standard InChI is InChI=1S/C12H10N4/c1-16(11-5-3-2-4-6-11)12-10(9-13)7-8-14-15-12/h2-8H,1H3. The van der Waals surface area contributed by atoms with Crippen LogP contribution in [0.15, 0.2) is 42.6 Å². The third-order valence-corrected chi connectivity index (χ3v) is 2.28. The minimum absolute atomic E-state index is 0.515. The number of aromatic nitrogens is 2. The average Bonchev–Trinajstić information content (AvgIpc) is 2.39. The number of hydrogen-bond acceptors (Lipinski definition) is 4. The summed E-state index contributed by atoms with van der Waals surface area (Å²) in [6, 6.07) is 13.5. The minimum atomic E-state index is 0.515. The number of anilines is 2. The Balaban J connectivity index is 2.42. The van der Waals surface area contributed by atoms with Crippen LogP contribution in [0.4, 0.5) is 11.5 Å². The molecule has 0 amide bonds. The predicted octanol–water partition coefficient (Wildman–Crippen LogP) is 2.12. The molecule has 1 aromatic heterocycles. The molecule has 0 fully saturated rings. The van der Waals surface area contributed by atoms with Crippen molar-refractivity contribution < 1.29 is 0 Å². The zero-order valence-corrected chi connectivity index (χ0v) is 8.83. The summed E-state index contributed by atoms with van der Waals surface area (Å²) in [5.41, 5.74) is 1.49. The van der Waals surface area contributed by atoms with Gasteiger partial charge in [0.15, 0.2) is 5.82 Å². The molecule has 0 saturated carbocycles. The van der Waals surface area contributed by atoms with Crippen LogP contribution in [0.2, 0.25) is 0 Å². The van der Waals surface area contributed by atoms with Gasteiger partial charge in [0, 0.05) is 12.7 Å². The van der Waals surface area contributed by atoms with E-state index in [9.17, 15) is 0 Å². The van der Waals surface area contributed by atoms with Crippen molar-refractivity contribution in [1.29, 1.82) is 5.26 Å². The Bertz CT molecular complexity index is 516. The molecule has 0 aliphatic rings. The molecule has 0 bridgehead atoms. The third-order valence-electron chi connectivity index (χ3n) is 2.28. The molecule has 1 heterocycles. The van der Waals surface area contributed by atoms with Crippen molar-refractivity contribution in [3.05, 3.63) is 48.2 Å². The van der Waals surface area contributed by atoms with Gasteiger partial charge in [-0.05, 0) is 18.2 Å². The molecule has 2 rings (SSSR count). The van der Waals surface area contributed by atoms with Gasteiger partial charge in [0.2, 0.25) is 0 Å². The molecule has 0 saturated heterocycles. The molecule has 0 N–H and O–H groups in total. The van der Waals surface area contributed by atoms with Crippen LogP contribution in [0.5, 0.6) is 0 Å². The first-order valence-electron chi connectivity index (χ1n) is 4.83. The lowest BCUT2D eigenvalue weighted by molar-refractivity contribution is 0.981. The van der Waals surface area contributed by atoms with Crippen molar-refractivity contribution in [3.8, 4) is 6.07 Å². The van der Waals surface area contributed by atoms with Gasteiger partial charge in [-0.2, -0.15) is 10.4 Å². The summed E-state index contributed by atoms with van der Waals surface area (Å²) in [5.74, 6) is 0.566. The molecule has 0 radical (unpaired) electrons. The molecular weight excluding hydrogens is 200 g/mol. The predicted molar refractivity (Wildman–Crippen MR) is 61.3 cm³/mol. The Kier molecular flexibility index (Phi) is 2.79. The van der Waals surface area contributed by atoms with Crippen LogP contribution in [0.1, 0.15) is 5.56 Å². The molecule has 0 aliphatic heterocycles. The Labute approximate surface area is 93.8 Å². The topological polar surface area (TPSA) is 52.8 Å². The Hall–Kier alpha value is -2.41. The smallest absolute Gasteiger partial charge is 0.173 e. The van der Waals surface area contributed by atoms with E-state index in [-0.39, 0.29) is 0 Å². The Morgan fingerprint density at radius 3 is 2.62 bits per heavy atom. The fraction of sp³-hybridized carbons (Fsp3) is 0.0833. The summed E-state index contributed by atoms with van der Waals surface area (Å²) < 4.78 is 0. The van der Waals surface area contributed by atoms with Crippen LogP contribution in [0.3, 0.4) is 0 Å². The SMILES string of the molecule is CN(c1ccccc1)c1nnccc1C#N. The fourth-order valence-electron chi connectivity index (χ4n) is 1.43. The Morgan fingerprint density at radius 1 is 1.19 bits per heavy atom. The lowest BCUT2D eigenvalue weighted by Gasteiger charge is -2.18. The van der Waals surface area contributed by atoms with E-state index in [2.05, 4.69) is 16.3 Å². The minimum Gasteiger partial charge on any atom is -0.327 e. The highest BCUT2D eigenvalue weighted by Gasteiger charge is 2.10. The summed E-state index contributed by atoms with van der Waals surface area (Å²) in [7, 11) is 1.86. The van der Waals surface area contributed by atoms with E-state index in [4.69, 9.17) is 5.26 Å². The van der Waals surface area contributed by atoms with Crippen molar-refractivity contribution in [3.63, 3.8) is 0 Å². The van der Waals surface area contributed by atoms with E-state index >= 15 is 0 Å². The molecule has 4 nitrogen and oxygen atoms in total. The second-order valence-electron chi connectivity index (χ2n) is 3.27. The molecule has 2 aromatic rings. The zero-order chi connectivity index (χ0) is 11.4. The summed E-state index contributed by atoms with van der Waals surface area (Å²) in [4.78, 5) is 1.84. The van der Waals surface area contributed by atoms with Gasteiger partial charge < -0.3 is 4.90 Å². The molecule has 1 aromatic carbocycles. The first kappa shape index (κ1) is 10.1. The van der Waals surface area contributed by atoms with Crippen molar-refractivity contribution >= 4 is 11.5 Å². The van der Waals surface area contributed by atoms with Crippen molar-refractivity contribution in [2.24, 2.45) is 0 Å². The number of para-hydroxylation sites is 1. The first-order valence-corrected chi connectivity index (χ1v) is 4.83. The van der Waals surface area contributed by atoms with E-state index < -0.39 is 0 Å². The van der Waals surface area contributed by atoms with Crippen LogP contribution in [-0.2, 0) is 0 Å². The quantitative estimate of drug-likeness (QED) is 0.761. The van der Waals surface area contributed by atoms with E-state index in [0.29, 0.717) is 11.4 Å². The average molecular weight is 210 g/mol. The van der Waals surface area contributed by atoms with Crippen LogP contribution >= 0.6 is 0 Å². The fourth-order valence-corrected chi connectivity index (χ4v) is 1.43. The van der Waals surface area contributed by atoms with Gasteiger partial charge in [0.05, 0.1) is 11.8 Å². The number of rotatable bonds is 2. The van der Waals surface area contributed by atoms with Gasteiger partial charge in [0.1, 0.15) is 6.07 Å². The van der Waals surface area contributed by atoms with Crippen molar-refractivity contribution in [1.82, 2.24) is 10.2 Å². The van der Waals surface area contributed by atoms with Gasteiger partial charge in [-0.3, -0.25) is 0 Å². The van der Waals surface area contributed by atoms with E-state index in [1.54, 1.807) is 6.07 Å². The molecule has 16 heavy (non-hydrogen) atoms. The van der Waals surface area contributed by atoms with Crippen molar-refractivity contribution in [2.75, 3.05) is 11.9 Å². The normalized spacial score (nSPS) is 9.50. The molecule has 0 spiro atoms. The molecule has 78 valence electrons. The highest BCUT2D eigenvalue weighted by atomic mass is 15.2. The van der Waals surface area contributed by atoms with E-state index in [0.717, 1.165) is 5.69 Å². The van der Waals surface area contributed by atoms with Crippen LogP contribution in [0.25, 0.3) is 0 Å². The number of nitriles is 1. The van der Waals surface area contributed by atoms with E-state index in [1.807, 2.05) is 42.3 Å². The molecule has 0 aliphatic carbocycles. The molecule has 4 heteroatoms. The third kappa shape index (κ3) is 1.84. The summed E-state index contributed by atoms with van der Waals surface area (Å²) in [6.07, 6.45) is 1.51. The molecular formula is C12H10N4. The first-order chi connectivity index (χ1) is 7.83. The van der Waals surface area contributed by atoms with Gasteiger partial charge in [-0.15, -0.1) is 5.10 Å². The van der Waals surface area contributed by atoms with Gasteiger partial charge in [-0.1, -0.05) is 18.2 Å². The maximum Gasteiger partial charge on any atom is 0.173 e. The van der Waals surface area contributed by atoms with Crippen LogP contribution in [0, 0.1) is 11.3 Å². The highest BCUT2D eigenvalue weighted by molar-refractivity contribution is 5.64. The van der Waals surface area contributed by atoms with E-state index in [1.165, 1.54) is 6.20 Å². The lowest BCUT2D eigenvalue weighted by Crippen LogP contribution is -2.13. The molecule has 0 atom stereocenters. The number of benzene rings is 1. The van der Waals surface area contributed by atoms with Crippen LogP contribution < -0.4 is 4.90 Å².